The first-order chi connectivity index (χ1) is 7.31. The highest BCUT2D eigenvalue weighted by atomic mass is 14.9. The Morgan fingerprint density at radius 3 is 2.93 bits per heavy atom. The fraction of sp³-hybridized carbons (Fsp3) is 0.167. The topological polar surface area (TPSA) is 48.7 Å². The first kappa shape index (κ1) is 9.47. The van der Waals surface area contributed by atoms with Gasteiger partial charge < -0.3 is 5.32 Å². The molecule has 3 heteroatoms. The molecule has 1 heterocycles. The molecule has 1 aromatic heterocycles. The number of hydrogen-bond acceptors (Lipinski definition) is 3. The first-order valence-electron chi connectivity index (χ1n) is 4.80. The largest absolute Gasteiger partial charge is 0.368 e. The van der Waals surface area contributed by atoms with Crippen molar-refractivity contribution in [3.05, 3.63) is 36.7 Å². The molecule has 0 aliphatic rings. The number of nitrogens with one attached hydrogen (secondary N) is 1. The Hall–Kier alpha value is -2.08. The van der Waals surface area contributed by atoms with Crippen LogP contribution < -0.4 is 5.32 Å². The van der Waals surface area contributed by atoms with E-state index in [4.69, 9.17) is 5.26 Å². The van der Waals surface area contributed by atoms with E-state index in [1.54, 1.807) is 6.20 Å². The summed E-state index contributed by atoms with van der Waals surface area (Å²) >= 11 is 0. The van der Waals surface area contributed by atoms with Gasteiger partial charge >= 0.3 is 0 Å². The first-order valence-corrected chi connectivity index (χ1v) is 4.80. The summed E-state index contributed by atoms with van der Waals surface area (Å²) in [7, 11) is 0. The molecule has 2 rings (SSSR count). The predicted molar refractivity (Wildman–Crippen MR) is 60.4 cm³/mol. The molecule has 74 valence electrons. The van der Waals surface area contributed by atoms with Gasteiger partial charge in [0.1, 0.15) is 6.04 Å². The molecule has 0 spiro atoms. The average molecular weight is 197 g/mol. The molecule has 3 nitrogen and oxygen atoms in total. The van der Waals surface area contributed by atoms with Gasteiger partial charge in [-0.2, -0.15) is 5.26 Å². The van der Waals surface area contributed by atoms with Gasteiger partial charge in [0.05, 0.1) is 18.0 Å². The molecule has 0 fully saturated rings. The Bertz CT molecular complexity index is 508. The number of hydrogen-bond donors (Lipinski definition) is 1. The van der Waals surface area contributed by atoms with Crippen LogP contribution in [0.2, 0.25) is 0 Å². The van der Waals surface area contributed by atoms with E-state index in [0.29, 0.717) is 0 Å². The van der Waals surface area contributed by atoms with Crippen LogP contribution in [0.1, 0.15) is 6.92 Å². The van der Waals surface area contributed by atoms with Crippen LogP contribution in [0.4, 0.5) is 5.69 Å². The van der Waals surface area contributed by atoms with Crippen molar-refractivity contribution in [2.75, 3.05) is 5.32 Å². The second-order valence-corrected chi connectivity index (χ2v) is 3.40. The van der Waals surface area contributed by atoms with Gasteiger partial charge in [0.15, 0.2) is 0 Å². The van der Waals surface area contributed by atoms with Crippen molar-refractivity contribution in [3.8, 4) is 6.07 Å². The third-order valence-corrected chi connectivity index (χ3v) is 2.23. The molecule has 1 atom stereocenters. The zero-order chi connectivity index (χ0) is 10.7. The Morgan fingerprint density at radius 1 is 1.33 bits per heavy atom. The number of nitrogens with zero attached hydrogens (tertiary/aromatic N) is 2. The molecular weight excluding hydrogens is 186 g/mol. The second kappa shape index (κ2) is 3.97. The number of pyridine rings is 1. The lowest BCUT2D eigenvalue weighted by molar-refractivity contribution is 1.01. The summed E-state index contributed by atoms with van der Waals surface area (Å²) in [6.45, 7) is 1.82. The van der Waals surface area contributed by atoms with Crippen LogP contribution in [0.15, 0.2) is 36.7 Å². The van der Waals surface area contributed by atoms with Crippen molar-refractivity contribution in [2.45, 2.75) is 13.0 Å². The number of benzene rings is 1. The Labute approximate surface area is 88.4 Å². The standard InChI is InChI=1S/C12H11N3/c1-9(6-13)15-12-8-14-7-10-4-2-3-5-11(10)12/h2-5,7-9,15H,1H3. The molecule has 1 N–H and O–H groups in total. The summed E-state index contributed by atoms with van der Waals surface area (Å²) in [5.74, 6) is 0. The zero-order valence-corrected chi connectivity index (χ0v) is 8.44. The van der Waals surface area contributed by atoms with Crippen molar-refractivity contribution in [3.63, 3.8) is 0 Å². The van der Waals surface area contributed by atoms with Crippen LogP contribution in [0, 0.1) is 11.3 Å². The average Bonchev–Trinajstić information content (AvgIpc) is 2.29. The Kier molecular flexibility index (Phi) is 2.51. The monoisotopic (exact) mass is 197 g/mol. The number of aromatic nitrogens is 1. The summed E-state index contributed by atoms with van der Waals surface area (Å²) in [6.07, 6.45) is 3.56. The molecule has 1 aromatic carbocycles. The van der Waals surface area contributed by atoms with Gasteiger partial charge in [0, 0.05) is 17.0 Å². The zero-order valence-electron chi connectivity index (χ0n) is 8.44. The third-order valence-electron chi connectivity index (χ3n) is 2.23. The second-order valence-electron chi connectivity index (χ2n) is 3.40. The maximum atomic E-state index is 8.74. The summed E-state index contributed by atoms with van der Waals surface area (Å²) in [5, 5.41) is 14.0. The Balaban J connectivity index is 2.48. The molecule has 0 aliphatic heterocycles. The van der Waals surface area contributed by atoms with Crippen molar-refractivity contribution < 1.29 is 0 Å². The number of fused-ring (bicyclic) bond motifs is 1. The van der Waals surface area contributed by atoms with E-state index in [9.17, 15) is 0 Å². The highest BCUT2D eigenvalue weighted by Crippen LogP contribution is 2.21. The number of nitriles is 1. The predicted octanol–water partition coefficient (Wildman–Crippen LogP) is 2.56. The SMILES string of the molecule is CC(C#N)Nc1cncc2ccccc12. The lowest BCUT2D eigenvalue weighted by Gasteiger charge is -2.10. The molecule has 0 radical (unpaired) electrons. The molecule has 0 saturated heterocycles. The van der Waals surface area contributed by atoms with Crippen molar-refractivity contribution in [1.82, 2.24) is 4.98 Å². The van der Waals surface area contributed by atoms with Crippen molar-refractivity contribution in [1.29, 1.82) is 5.26 Å². The van der Waals surface area contributed by atoms with E-state index >= 15 is 0 Å². The summed E-state index contributed by atoms with van der Waals surface area (Å²) in [6, 6.07) is 9.90. The fourth-order valence-corrected chi connectivity index (χ4v) is 1.50. The summed E-state index contributed by atoms with van der Waals surface area (Å²) < 4.78 is 0. The van der Waals surface area contributed by atoms with Crippen molar-refractivity contribution >= 4 is 16.5 Å². The smallest absolute Gasteiger partial charge is 0.111 e. The van der Waals surface area contributed by atoms with Crippen LogP contribution >= 0.6 is 0 Å². The van der Waals surface area contributed by atoms with Gasteiger partial charge in [-0.15, -0.1) is 0 Å². The van der Waals surface area contributed by atoms with Gasteiger partial charge in [-0.25, -0.2) is 0 Å². The highest BCUT2D eigenvalue weighted by molar-refractivity contribution is 5.92. The van der Waals surface area contributed by atoms with Gasteiger partial charge in [-0.05, 0) is 6.92 Å². The molecule has 2 aromatic rings. The highest BCUT2D eigenvalue weighted by Gasteiger charge is 2.03. The van der Waals surface area contributed by atoms with E-state index in [1.165, 1.54) is 0 Å². The molecular formula is C12H11N3. The van der Waals surface area contributed by atoms with Gasteiger partial charge in [0.25, 0.3) is 0 Å². The van der Waals surface area contributed by atoms with E-state index in [2.05, 4.69) is 16.4 Å². The Morgan fingerprint density at radius 2 is 2.13 bits per heavy atom. The van der Waals surface area contributed by atoms with E-state index < -0.39 is 0 Å². The molecule has 0 aliphatic carbocycles. The summed E-state index contributed by atoms with van der Waals surface area (Å²) in [5.41, 5.74) is 0.905. The molecule has 1 unspecified atom stereocenters. The molecule has 0 amide bonds. The van der Waals surface area contributed by atoms with E-state index in [-0.39, 0.29) is 6.04 Å². The lowest BCUT2D eigenvalue weighted by Crippen LogP contribution is -2.12. The van der Waals surface area contributed by atoms with Gasteiger partial charge in [-0.3, -0.25) is 4.98 Å². The molecule has 15 heavy (non-hydrogen) atoms. The maximum absolute atomic E-state index is 8.74. The minimum Gasteiger partial charge on any atom is -0.368 e. The van der Waals surface area contributed by atoms with Gasteiger partial charge in [0.2, 0.25) is 0 Å². The summed E-state index contributed by atoms with van der Waals surface area (Å²) in [4.78, 5) is 4.13. The molecule has 0 saturated carbocycles. The van der Waals surface area contributed by atoms with Crippen LogP contribution in [-0.4, -0.2) is 11.0 Å². The van der Waals surface area contributed by atoms with Crippen LogP contribution in [0.5, 0.6) is 0 Å². The van der Waals surface area contributed by atoms with Crippen molar-refractivity contribution in [2.24, 2.45) is 0 Å². The number of anilines is 1. The quantitative estimate of drug-likeness (QED) is 0.804. The van der Waals surface area contributed by atoms with Crippen LogP contribution in [0.25, 0.3) is 10.8 Å². The third kappa shape index (κ3) is 1.89. The fourth-order valence-electron chi connectivity index (χ4n) is 1.50. The molecule has 0 bridgehead atoms. The number of rotatable bonds is 2. The minimum atomic E-state index is -0.211. The van der Waals surface area contributed by atoms with Crippen LogP contribution in [-0.2, 0) is 0 Å². The maximum Gasteiger partial charge on any atom is 0.111 e. The lowest BCUT2D eigenvalue weighted by atomic mass is 10.1. The minimum absolute atomic E-state index is 0.211. The van der Waals surface area contributed by atoms with E-state index in [0.717, 1.165) is 16.5 Å². The van der Waals surface area contributed by atoms with E-state index in [1.807, 2.05) is 37.4 Å². The van der Waals surface area contributed by atoms with Crippen LogP contribution in [0.3, 0.4) is 0 Å². The van der Waals surface area contributed by atoms with Gasteiger partial charge in [-0.1, -0.05) is 24.3 Å². The normalized spacial score (nSPS) is 12.0.